The van der Waals surface area contributed by atoms with Gasteiger partial charge in [0, 0.05) is 50.5 Å². The fraction of sp³-hybridized carbons (Fsp3) is 0.762. The number of carbonyl (C=O) groups excluding carboxylic acids is 1. The van der Waals surface area contributed by atoms with E-state index in [4.69, 9.17) is 0 Å². The second-order valence-corrected chi connectivity index (χ2v) is 9.15. The van der Waals surface area contributed by atoms with Crippen LogP contribution in [0.5, 0.6) is 0 Å². The summed E-state index contributed by atoms with van der Waals surface area (Å²) in [7, 11) is 0. The largest absolute Gasteiger partial charge is 0.342 e. The lowest BCUT2D eigenvalue weighted by Gasteiger charge is -2.46. The van der Waals surface area contributed by atoms with E-state index in [0.29, 0.717) is 5.91 Å². The van der Waals surface area contributed by atoms with Crippen LogP contribution < -0.4 is 4.90 Å². The summed E-state index contributed by atoms with van der Waals surface area (Å²) in [6, 6.07) is 1.86. The van der Waals surface area contributed by atoms with Gasteiger partial charge in [-0.1, -0.05) is 0 Å². The van der Waals surface area contributed by atoms with Crippen molar-refractivity contribution in [2.75, 3.05) is 50.7 Å². The molecule has 146 valence electrons. The van der Waals surface area contributed by atoms with Crippen LogP contribution in [-0.4, -0.2) is 71.5 Å². The standard InChI is InChI=1S/C21H31N5O/c1-2-25-13-8-21(18(25)27)16-26(19-22-9-3-10-23-19)15-20(21)6-11-24(12-7-20)14-17-4-5-17/h3,9-10,17H,2,4-8,11-16H2,1H3/t21-/m1/s1. The molecule has 5 rings (SSSR count). The molecule has 4 aliphatic rings. The first-order chi connectivity index (χ1) is 13.2. The van der Waals surface area contributed by atoms with Gasteiger partial charge in [-0.05, 0) is 64.1 Å². The van der Waals surface area contributed by atoms with Gasteiger partial charge in [0.1, 0.15) is 0 Å². The Morgan fingerprint density at radius 2 is 1.81 bits per heavy atom. The van der Waals surface area contributed by atoms with Crippen molar-refractivity contribution in [2.45, 2.75) is 39.0 Å². The van der Waals surface area contributed by atoms with Crippen LogP contribution in [0.15, 0.2) is 18.5 Å². The molecule has 3 saturated heterocycles. The van der Waals surface area contributed by atoms with E-state index in [1.165, 1.54) is 19.4 Å². The average Bonchev–Trinajstić information content (AvgIpc) is 3.39. The highest BCUT2D eigenvalue weighted by atomic mass is 16.2. The molecule has 1 atom stereocenters. The molecule has 6 nitrogen and oxygen atoms in total. The molecule has 6 heteroatoms. The lowest BCUT2D eigenvalue weighted by molar-refractivity contribution is -0.142. The summed E-state index contributed by atoms with van der Waals surface area (Å²) in [6.07, 6.45) is 9.70. The molecule has 1 aliphatic carbocycles. The van der Waals surface area contributed by atoms with Gasteiger partial charge in [-0.15, -0.1) is 0 Å². The minimum Gasteiger partial charge on any atom is -0.342 e. The van der Waals surface area contributed by atoms with Crippen LogP contribution in [-0.2, 0) is 4.79 Å². The Hall–Kier alpha value is -1.69. The SMILES string of the molecule is CCN1CC[C@@]2(CN(c3ncccn3)CC23CCN(CC2CC2)CC3)C1=O. The first kappa shape index (κ1) is 17.4. The van der Waals surface area contributed by atoms with Crippen LogP contribution in [0.4, 0.5) is 5.95 Å². The van der Waals surface area contributed by atoms with Crippen molar-refractivity contribution in [1.82, 2.24) is 19.8 Å². The normalized spacial score (nSPS) is 30.8. The molecule has 0 N–H and O–H groups in total. The second-order valence-electron chi connectivity index (χ2n) is 9.15. The van der Waals surface area contributed by atoms with E-state index in [9.17, 15) is 4.79 Å². The maximum absolute atomic E-state index is 13.5. The number of hydrogen-bond acceptors (Lipinski definition) is 5. The summed E-state index contributed by atoms with van der Waals surface area (Å²) >= 11 is 0. The van der Waals surface area contributed by atoms with Crippen molar-refractivity contribution >= 4 is 11.9 Å². The maximum atomic E-state index is 13.5. The first-order valence-electron chi connectivity index (χ1n) is 10.7. The van der Waals surface area contributed by atoms with Crippen molar-refractivity contribution in [3.8, 4) is 0 Å². The summed E-state index contributed by atoms with van der Waals surface area (Å²) < 4.78 is 0. The molecule has 1 amide bonds. The minimum atomic E-state index is -0.242. The lowest BCUT2D eigenvalue weighted by atomic mass is 9.60. The van der Waals surface area contributed by atoms with Crippen molar-refractivity contribution in [3.63, 3.8) is 0 Å². The zero-order chi connectivity index (χ0) is 18.5. The number of anilines is 1. The Morgan fingerprint density at radius 3 is 2.44 bits per heavy atom. The number of likely N-dealkylation sites (tertiary alicyclic amines) is 2. The number of piperidine rings is 1. The van der Waals surface area contributed by atoms with E-state index in [0.717, 1.165) is 70.4 Å². The zero-order valence-corrected chi connectivity index (χ0v) is 16.4. The molecule has 1 saturated carbocycles. The number of carbonyl (C=O) groups is 1. The predicted octanol–water partition coefficient (Wildman–Crippen LogP) is 2.03. The number of amides is 1. The van der Waals surface area contributed by atoms with Crippen LogP contribution in [0.3, 0.4) is 0 Å². The first-order valence-corrected chi connectivity index (χ1v) is 10.7. The molecular weight excluding hydrogens is 338 g/mol. The summed E-state index contributed by atoms with van der Waals surface area (Å²) in [5.41, 5.74) is -0.166. The van der Waals surface area contributed by atoms with E-state index in [-0.39, 0.29) is 10.8 Å². The molecule has 0 radical (unpaired) electrons. The van der Waals surface area contributed by atoms with Crippen molar-refractivity contribution in [3.05, 3.63) is 18.5 Å². The number of hydrogen-bond donors (Lipinski definition) is 0. The molecule has 2 spiro atoms. The maximum Gasteiger partial charge on any atom is 0.231 e. The molecule has 27 heavy (non-hydrogen) atoms. The molecule has 0 aromatic carbocycles. The second kappa shape index (κ2) is 6.43. The van der Waals surface area contributed by atoms with Gasteiger partial charge in [-0.25, -0.2) is 9.97 Å². The number of fused-ring (bicyclic) bond motifs is 1. The smallest absolute Gasteiger partial charge is 0.231 e. The fourth-order valence-corrected chi connectivity index (χ4v) is 5.91. The van der Waals surface area contributed by atoms with Gasteiger partial charge < -0.3 is 14.7 Å². The van der Waals surface area contributed by atoms with Gasteiger partial charge in [-0.2, -0.15) is 0 Å². The summed E-state index contributed by atoms with van der Waals surface area (Å²) in [5.74, 6) is 2.12. The van der Waals surface area contributed by atoms with Crippen LogP contribution in [0.25, 0.3) is 0 Å². The van der Waals surface area contributed by atoms with E-state index < -0.39 is 0 Å². The minimum absolute atomic E-state index is 0.0766. The Balaban J connectivity index is 1.43. The van der Waals surface area contributed by atoms with E-state index in [2.05, 4.69) is 31.6 Å². The van der Waals surface area contributed by atoms with Crippen LogP contribution >= 0.6 is 0 Å². The molecule has 4 heterocycles. The Bertz CT molecular complexity index is 698. The van der Waals surface area contributed by atoms with Crippen molar-refractivity contribution in [1.29, 1.82) is 0 Å². The predicted molar refractivity (Wildman–Crippen MR) is 104 cm³/mol. The summed E-state index contributed by atoms with van der Waals surface area (Å²) in [5, 5.41) is 0. The van der Waals surface area contributed by atoms with Gasteiger partial charge in [0.15, 0.2) is 0 Å². The Kier molecular flexibility index (Phi) is 4.15. The van der Waals surface area contributed by atoms with Crippen LogP contribution in [0.1, 0.15) is 39.0 Å². The number of rotatable bonds is 4. The van der Waals surface area contributed by atoms with Gasteiger partial charge in [0.2, 0.25) is 11.9 Å². The quantitative estimate of drug-likeness (QED) is 0.813. The third kappa shape index (κ3) is 2.75. The topological polar surface area (TPSA) is 52.6 Å². The van der Waals surface area contributed by atoms with Crippen molar-refractivity contribution in [2.24, 2.45) is 16.7 Å². The molecule has 0 bridgehead atoms. The highest BCUT2D eigenvalue weighted by molar-refractivity contribution is 5.87. The van der Waals surface area contributed by atoms with Gasteiger partial charge >= 0.3 is 0 Å². The third-order valence-electron chi connectivity index (χ3n) is 7.72. The monoisotopic (exact) mass is 369 g/mol. The van der Waals surface area contributed by atoms with Gasteiger partial charge in [0.05, 0.1) is 5.41 Å². The molecule has 0 unspecified atom stereocenters. The lowest BCUT2D eigenvalue weighted by Crippen LogP contribution is -2.53. The molecular formula is C21H31N5O. The number of nitrogens with zero attached hydrogens (tertiary/aromatic N) is 5. The third-order valence-corrected chi connectivity index (χ3v) is 7.72. The van der Waals surface area contributed by atoms with Crippen LogP contribution in [0.2, 0.25) is 0 Å². The summed E-state index contributed by atoms with van der Waals surface area (Å²) in [4.78, 5) is 29.5. The fourth-order valence-electron chi connectivity index (χ4n) is 5.91. The summed E-state index contributed by atoms with van der Waals surface area (Å²) in [6.45, 7) is 9.10. The highest BCUT2D eigenvalue weighted by Crippen LogP contribution is 2.58. The Labute approximate surface area is 161 Å². The Morgan fingerprint density at radius 1 is 1.07 bits per heavy atom. The molecule has 3 aliphatic heterocycles. The van der Waals surface area contributed by atoms with Crippen molar-refractivity contribution < 1.29 is 4.79 Å². The van der Waals surface area contributed by atoms with Gasteiger partial charge in [-0.3, -0.25) is 4.79 Å². The van der Waals surface area contributed by atoms with E-state index >= 15 is 0 Å². The molecule has 1 aromatic heterocycles. The highest BCUT2D eigenvalue weighted by Gasteiger charge is 2.65. The number of aromatic nitrogens is 2. The van der Waals surface area contributed by atoms with E-state index in [1.807, 2.05) is 18.5 Å². The van der Waals surface area contributed by atoms with Crippen LogP contribution in [0, 0.1) is 16.7 Å². The average molecular weight is 370 g/mol. The van der Waals surface area contributed by atoms with Gasteiger partial charge in [0.25, 0.3) is 0 Å². The molecule has 1 aromatic rings. The molecule has 4 fully saturated rings. The zero-order valence-electron chi connectivity index (χ0n) is 16.4. The van der Waals surface area contributed by atoms with E-state index in [1.54, 1.807) is 0 Å².